The molecule has 0 aromatic heterocycles. The Morgan fingerprint density at radius 3 is 2.32 bits per heavy atom. The molecular formula is C16H18FNO. The Bertz CT molecular complexity index is 561. The molecule has 0 unspecified atom stereocenters. The van der Waals surface area contributed by atoms with Crippen LogP contribution < -0.4 is 10.5 Å². The zero-order valence-electron chi connectivity index (χ0n) is 11.2. The highest BCUT2D eigenvalue weighted by Crippen LogP contribution is 2.19. The van der Waals surface area contributed by atoms with Crippen molar-refractivity contribution in [2.45, 2.75) is 27.0 Å². The highest BCUT2D eigenvalue weighted by molar-refractivity contribution is 5.34. The fourth-order valence-corrected chi connectivity index (χ4v) is 2.11. The Hall–Kier alpha value is -1.87. The van der Waals surface area contributed by atoms with Crippen LogP contribution in [0.5, 0.6) is 5.75 Å². The topological polar surface area (TPSA) is 35.2 Å². The van der Waals surface area contributed by atoms with Crippen molar-refractivity contribution in [1.29, 1.82) is 0 Å². The summed E-state index contributed by atoms with van der Waals surface area (Å²) < 4.78 is 19.0. The van der Waals surface area contributed by atoms with Gasteiger partial charge in [0.05, 0.1) is 0 Å². The van der Waals surface area contributed by atoms with Crippen LogP contribution in [0.2, 0.25) is 0 Å². The molecule has 0 saturated heterocycles. The molecule has 0 atom stereocenters. The molecule has 2 aromatic rings. The first-order valence-corrected chi connectivity index (χ1v) is 6.27. The highest BCUT2D eigenvalue weighted by atomic mass is 19.1. The van der Waals surface area contributed by atoms with Gasteiger partial charge < -0.3 is 10.5 Å². The lowest BCUT2D eigenvalue weighted by Crippen LogP contribution is -2.05. The minimum atomic E-state index is -0.267. The summed E-state index contributed by atoms with van der Waals surface area (Å²) in [6.45, 7) is 4.75. The molecule has 2 nitrogen and oxygen atoms in total. The van der Waals surface area contributed by atoms with E-state index >= 15 is 0 Å². The molecule has 0 aliphatic heterocycles. The Morgan fingerprint density at radius 1 is 1.00 bits per heavy atom. The molecule has 0 saturated carbocycles. The van der Waals surface area contributed by atoms with E-state index in [1.54, 1.807) is 6.07 Å². The third-order valence-electron chi connectivity index (χ3n) is 2.98. The van der Waals surface area contributed by atoms with Crippen molar-refractivity contribution in [2.24, 2.45) is 5.73 Å². The number of rotatable bonds is 4. The third-order valence-corrected chi connectivity index (χ3v) is 2.98. The minimum Gasteiger partial charge on any atom is -0.489 e. The molecule has 0 aliphatic rings. The average Bonchev–Trinajstić information content (AvgIpc) is 2.35. The fraction of sp³-hybridized carbons (Fsp3) is 0.250. The van der Waals surface area contributed by atoms with Gasteiger partial charge >= 0.3 is 0 Å². The average molecular weight is 259 g/mol. The zero-order valence-corrected chi connectivity index (χ0v) is 11.2. The van der Waals surface area contributed by atoms with Crippen LogP contribution in [0.3, 0.4) is 0 Å². The largest absolute Gasteiger partial charge is 0.489 e. The quantitative estimate of drug-likeness (QED) is 0.912. The first-order valence-electron chi connectivity index (χ1n) is 6.27. The maximum absolute atomic E-state index is 13.2. The van der Waals surface area contributed by atoms with Crippen LogP contribution in [-0.4, -0.2) is 0 Å². The van der Waals surface area contributed by atoms with Crippen molar-refractivity contribution in [3.05, 3.63) is 64.5 Å². The van der Waals surface area contributed by atoms with E-state index in [0.717, 1.165) is 28.0 Å². The van der Waals surface area contributed by atoms with Gasteiger partial charge in [0.1, 0.15) is 18.2 Å². The Balaban J connectivity index is 2.16. The number of benzene rings is 2. The predicted molar refractivity (Wildman–Crippen MR) is 74.5 cm³/mol. The molecule has 0 bridgehead atoms. The van der Waals surface area contributed by atoms with E-state index in [9.17, 15) is 4.39 Å². The van der Waals surface area contributed by atoms with Gasteiger partial charge in [0.15, 0.2) is 0 Å². The number of halogens is 1. The predicted octanol–water partition coefficient (Wildman–Crippen LogP) is 3.48. The maximum atomic E-state index is 13.2. The number of ether oxygens (including phenoxy) is 1. The van der Waals surface area contributed by atoms with Gasteiger partial charge in [0.25, 0.3) is 0 Å². The van der Waals surface area contributed by atoms with E-state index in [1.165, 1.54) is 12.1 Å². The van der Waals surface area contributed by atoms with Gasteiger partial charge in [-0.05, 0) is 60.4 Å². The van der Waals surface area contributed by atoms with Crippen LogP contribution in [0.15, 0.2) is 36.4 Å². The molecule has 0 amide bonds. The fourth-order valence-electron chi connectivity index (χ4n) is 2.11. The molecular weight excluding hydrogens is 241 g/mol. The second-order valence-corrected chi connectivity index (χ2v) is 4.73. The lowest BCUT2D eigenvalue weighted by atomic mass is 10.1. The van der Waals surface area contributed by atoms with Gasteiger partial charge in [-0.2, -0.15) is 0 Å². The van der Waals surface area contributed by atoms with Gasteiger partial charge in [-0.15, -0.1) is 0 Å². The van der Waals surface area contributed by atoms with E-state index in [4.69, 9.17) is 10.5 Å². The second-order valence-electron chi connectivity index (χ2n) is 4.73. The summed E-state index contributed by atoms with van der Waals surface area (Å²) in [5, 5.41) is 0. The van der Waals surface area contributed by atoms with E-state index in [0.29, 0.717) is 13.2 Å². The monoisotopic (exact) mass is 259 g/mol. The molecule has 3 heteroatoms. The maximum Gasteiger partial charge on any atom is 0.123 e. The molecule has 0 spiro atoms. The normalized spacial score (nSPS) is 10.5. The Morgan fingerprint density at radius 2 is 1.68 bits per heavy atom. The van der Waals surface area contributed by atoms with Crippen LogP contribution in [0.25, 0.3) is 0 Å². The minimum absolute atomic E-state index is 0.267. The van der Waals surface area contributed by atoms with Crippen LogP contribution in [-0.2, 0) is 13.2 Å². The standard InChI is InChI=1S/C16H18FNO/c1-11-5-12(2)7-16(6-11)19-10-14-8-15(17)4-3-13(14)9-18/h3-8H,9-10,18H2,1-2H3. The molecule has 0 fully saturated rings. The van der Waals surface area contributed by atoms with E-state index in [-0.39, 0.29) is 5.82 Å². The number of nitrogens with two attached hydrogens (primary N) is 1. The summed E-state index contributed by atoms with van der Waals surface area (Å²) in [5.74, 6) is 0.529. The first kappa shape index (κ1) is 13.6. The van der Waals surface area contributed by atoms with Crippen molar-refractivity contribution in [2.75, 3.05) is 0 Å². The van der Waals surface area contributed by atoms with Crippen LogP contribution >= 0.6 is 0 Å². The van der Waals surface area contributed by atoms with Crippen molar-refractivity contribution in [3.63, 3.8) is 0 Å². The lowest BCUT2D eigenvalue weighted by Gasteiger charge is -2.11. The van der Waals surface area contributed by atoms with Gasteiger partial charge in [-0.1, -0.05) is 12.1 Å². The van der Waals surface area contributed by atoms with Crippen molar-refractivity contribution in [3.8, 4) is 5.75 Å². The summed E-state index contributed by atoms with van der Waals surface area (Å²) in [4.78, 5) is 0. The highest BCUT2D eigenvalue weighted by Gasteiger charge is 2.05. The smallest absolute Gasteiger partial charge is 0.123 e. The SMILES string of the molecule is Cc1cc(C)cc(OCc2cc(F)ccc2CN)c1. The third kappa shape index (κ3) is 3.55. The summed E-state index contributed by atoms with van der Waals surface area (Å²) in [7, 11) is 0. The molecule has 2 N–H and O–H groups in total. The van der Waals surface area contributed by atoms with Gasteiger partial charge in [-0.3, -0.25) is 0 Å². The summed E-state index contributed by atoms with van der Waals surface area (Å²) >= 11 is 0. The number of hydrogen-bond donors (Lipinski definition) is 1. The van der Waals surface area contributed by atoms with Crippen molar-refractivity contribution in [1.82, 2.24) is 0 Å². The van der Waals surface area contributed by atoms with Gasteiger partial charge in [-0.25, -0.2) is 4.39 Å². The van der Waals surface area contributed by atoms with Crippen LogP contribution in [0, 0.1) is 19.7 Å². The van der Waals surface area contributed by atoms with Crippen LogP contribution in [0.4, 0.5) is 4.39 Å². The number of hydrogen-bond acceptors (Lipinski definition) is 2. The number of aryl methyl sites for hydroxylation is 2. The molecule has 19 heavy (non-hydrogen) atoms. The van der Waals surface area contributed by atoms with E-state index < -0.39 is 0 Å². The lowest BCUT2D eigenvalue weighted by molar-refractivity contribution is 0.304. The molecule has 0 heterocycles. The molecule has 2 rings (SSSR count). The van der Waals surface area contributed by atoms with E-state index in [2.05, 4.69) is 6.07 Å². The summed E-state index contributed by atoms with van der Waals surface area (Å²) in [6, 6.07) is 10.6. The Kier molecular flexibility index (Phi) is 4.17. The molecule has 100 valence electrons. The first-order chi connectivity index (χ1) is 9.08. The summed E-state index contributed by atoms with van der Waals surface area (Å²) in [5.41, 5.74) is 9.63. The van der Waals surface area contributed by atoms with Gasteiger partial charge in [0.2, 0.25) is 0 Å². The van der Waals surface area contributed by atoms with Crippen molar-refractivity contribution >= 4 is 0 Å². The van der Waals surface area contributed by atoms with E-state index in [1.807, 2.05) is 26.0 Å². The Labute approximate surface area is 113 Å². The molecule has 0 aliphatic carbocycles. The zero-order chi connectivity index (χ0) is 13.8. The van der Waals surface area contributed by atoms with Crippen molar-refractivity contribution < 1.29 is 9.13 Å². The molecule has 2 aromatic carbocycles. The molecule has 0 radical (unpaired) electrons. The second kappa shape index (κ2) is 5.85. The van der Waals surface area contributed by atoms with Gasteiger partial charge in [0, 0.05) is 6.54 Å². The summed E-state index contributed by atoms with van der Waals surface area (Å²) in [6.07, 6.45) is 0. The van der Waals surface area contributed by atoms with Crippen LogP contribution in [0.1, 0.15) is 22.3 Å².